The molecule has 2 aliphatic rings. The number of morpholine rings is 1. The van der Waals surface area contributed by atoms with E-state index >= 15 is 0 Å². The van der Waals surface area contributed by atoms with Gasteiger partial charge in [0.2, 0.25) is 0 Å². The van der Waals surface area contributed by atoms with Gasteiger partial charge in [-0.2, -0.15) is 0 Å². The van der Waals surface area contributed by atoms with E-state index in [0.717, 1.165) is 39.4 Å². The van der Waals surface area contributed by atoms with Crippen LogP contribution < -0.4 is 5.32 Å². The third-order valence-corrected chi connectivity index (χ3v) is 4.31. The fourth-order valence-corrected chi connectivity index (χ4v) is 3.12. The van der Waals surface area contributed by atoms with E-state index in [1.807, 2.05) is 0 Å². The first kappa shape index (κ1) is 13.1. The Hall–Kier alpha value is -0.900. The number of hydrogen-bond donors (Lipinski definition) is 1. The van der Waals surface area contributed by atoms with E-state index < -0.39 is 0 Å². The molecule has 0 aromatic heterocycles. The van der Waals surface area contributed by atoms with Gasteiger partial charge in [-0.3, -0.25) is 4.90 Å². The maximum atomic E-state index is 5.37. The van der Waals surface area contributed by atoms with Gasteiger partial charge in [-0.05, 0) is 30.4 Å². The van der Waals surface area contributed by atoms with Crippen LogP contribution in [0.1, 0.15) is 17.5 Å². The van der Waals surface area contributed by atoms with Crippen LogP contribution >= 0.6 is 0 Å². The molecular weight excluding hydrogens is 236 g/mol. The van der Waals surface area contributed by atoms with Gasteiger partial charge in [-0.25, -0.2) is 0 Å². The molecule has 1 aromatic carbocycles. The Morgan fingerprint density at radius 3 is 2.79 bits per heavy atom. The highest BCUT2D eigenvalue weighted by atomic mass is 16.5. The van der Waals surface area contributed by atoms with Crippen molar-refractivity contribution >= 4 is 0 Å². The molecule has 1 heterocycles. The molecule has 0 radical (unpaired) electrons. The Morgan fingerprint density at radius 1 is 1.16 bits per heavy atom. The summed E-state index contributed by atoms with van der Waals surface area (Å²) >= 11 is 0. The molecule has 0 saturated carbocycles. The van der Waals surface area contributed by atoms with Crippen molar-refractivity contribution in [2.45, 2.75) is 25.3 Å². The number of nitrogens with zero attached hydrogens (tertiary/aromatic N) is 1. The molecule has 0 unspecified atom stereocenters. The minimum Gasteiger partial charge on any atom is -0.379 e. The van der Waals surface area contributed by atoms with E-state index in [4.69, 9.17) is 4.74 Å². The Kier molecular flexibility index (Phi) is 4.49. The number of nitrogens with one attached hydrogen (secondary N) is 1. The molecule has 1 aliphatic heterocycles. The molecule has 1 N–H and O–H groups in total. The summed E-state index contributed by atoms with van der Waals surface area (Å²) in [6.45, 7) is 6.24. The lowest BCUT2D eigenvalue weighted by Gasteiger charge is -2.29. The van der Waals surface area contributed by atoms with Crippen LogP contribution in [-0.4, -0.2) is 50.3 Å². The van der Waals surface area contributed by atoms with E-state index in [9.17, 15) is 0 Å². The second kappa shape index (κ2) is 6.51. The summed E-state index contributed by atoms with van der Waals surface area (Å²) < 4.78 is 5.37. The highest BCUT2D eigenvalue weighted by molar-refractivity contribution is 5.30. The number of rotatable bonds is 4. The molecule has 1 atom stereocenters. The Bertz CT molecular complexity index is 401. The van der Waals surface area contributed by atoms with Gasteiger partial charge in [0, 0.05) is 32.2 Å². The second-order valence-electron chi connectivity index (χ2n) is 5.62. The van der Waals surface area contributed by atoms with Crippen molar-refractivity contribution in [2.75, 3.05) is 39.4 Å². The van der Waals surface area contributed by atoms with Crippen LogP contribution in [0.3, 0.4) is 0 Å². The Balaban J connectivity index is 1.42. The molecule has 0 bridgehead atoms. The highest BCUT2D eigenvalue weighted by Gasteiger charge is 2.18. The van der Waals surface area contributed by atoms with E-state index in [0.29, 0.717) is 6.04 Å². The van der Waals surface area contributed by atoms with Crippen molar-refractivity contribution < 1.29 is 4.74 Å². The maximum absolute atomic E-state index is 5.37. The van der Waals surface area contributed by atoms with Crippen LogP contribution in [0.2, 0.25) is 0 Å². The smallest absolute Gasteiger partial charge is 0.0594 e. The summed E-state index contributed by atoms with van der Waals surface area (Å²) in [5.41, 5.74) is 3.09. The number of benzene rings is 1. The molecule has 0 spiro atoms. The molecule has 1 aliphatic carbocycles. The molecule has 1 fully saturated rings. The summed E-state index contributed by atoms with van der Waals surface area (Å²) in [4.78, 5) is 2.49. The molecular formula is C16H24N2O. The molecule has 3 heteroatoms. The monoisotopic (exact) mass is 260 g/mol. The quantitative estimate of drug-likeness (QED) is 0.887. The molecule has 3 rings (SSSR count). The van der Waals surface area contributed by atoms with Crippen LogP contribution in [0.4, 0.5) is 0 Å². The number of fused-ring (bicyclic) bond motifs is 1. The minimum absolute atomic E-state index is 0.663. The number of ether oxygens (including phenoxy) is 1. The van der Waals surface area contributed by atoms with Gasteiger partial charge in [0.05, 0.1) is 13.2 Å². The van der Waals surface area contributed by atoms with Crippen LogP contribution in [-0.2, 0) is 17.6 Å². The van der Waals surface area contributed by atoms with Crippen LogP contribution in [0.15, 0.2) is 24.3 Å². The summed E-state index contributed by atoms with van der Waals surface area (Å²) in [5.74, 6) is 0. The standard InChI is InChI=1S/C16H24N2O/c1-2-4-15-13-16(6-5-14(15)3-1)17-7-8-18-9-11-19-12-10-18/h1-4,16-17H,5-13H2/t16-/m0/s1. The average Bonchev–Trinajstić information content (AvgIpc) is 2.48. The van der Waals surface area contributed by atoms with E-state index in [1.54, 1.807) is 5.56 Å². The third kappa shape index (κ3) is 3.56. The Labute approximate surface area is 115 Å². The first-order valence-electron chi connectivity index (χ1n) is 7.52. The summed E-state index contributed by atoms with van der Waals surface area (Å²) in [5, 5.41) is 3.73. The van der Waals surface area contributed by atoms with Crippen molar-refractivity contribution in [3.8, 4) is 0 Å². The first-order chi connectivity index (χ1) is 9.42. The normalized spacial score (nSPS) is 24.1. The van der Waals surface area contributed by atoms with Crippen LogP contribution in [0, 0.1) is 0 Å². The molecule has 1 aromatic rings. The van der Waals surface area contributed by atoms with Crippen molar-refractivity contribution in [2.24, 2.45) is 0 Å². The van der Waals surface area contributed by atoms with Gasteiger partial charge in [-0.1, -0.05) is 24.3 Å². The maximum Gasteiger partial charge on any atom is 0.0594 e. The van der Waals surface area contributed by atoms with Gasteiger partial charge in [-0.15, -0.1) is 0 Å². The fraction of sp³-hybridized carbons (Fsp3) is 0.625. The third-order valence-electron chi connectivity index (χ3n) is 4.31. The van der Waals surface area contributed by atoms with Crippen molar-refractivity contribution in [1.82, 2.24) is 10.2 Å². The van der Waals surface area contributed by atoms with E-state index in [1.165, 1.54) is 24.8 Å². The van der Waals surface area contributed by atoms with E-state index in [2.05, 4.69) is 34.5 Å². The van der Waals surface area contributed by atoms with Crippen LogP contribution in [0.5, 0.6) is 0 Å². The zero-order chi connectivity index (χ0) is 12.9. The molecule has 0 amide bonds. The van der Waals surface area contributed by atoms with Crippen molar-refractivity contribution in [3.63, 3.8) is 0 Å². The predicted octanol–water partition coefficient (Wildman–Crippen LogP) is 1.47. The number of aryl methyl sites for hydroxylation is 1. The van der Waals surface area contributed by atoms with Gasteiger partial charge in [0.1, 0.15) is 0 Å². The first-order valence-corrected chi connectivity index (χ1v) is 7.52. The molecule has 1 saturated heterocycles. The van der Waals surface area contributed by atoms with Gasteiger partial charge < -0.3 is 10.1 Å². The van der Waals surface area contributed by atoms with Crippen LogP contribution in [0.25, 0.3) is 0 Å². The zero-order valence-corrected chi connectivity index (χ0v) is 11.6. The summed E-state index contributed by atoms with van der Waals surface area (Å²) in [6.07, 6.45) is 3.70. The molecule has 3 nitrogen and oxygen atoms in total. The molecule has 19 heavy (non-hydrogen) atoms. The SMILES string of the molecule is c1ccc2c(c1)CC[C@H](NCCN1CCOCC1)C2. The second-order valence-corrected chi connectivity index (χ2v) is 5.62. The zero-order valence-electron chi connectivity index (χ0n) is 11.6. The van der Waals surface area contributed by atoms with Gasteiger partial charge >= 0.3 is 0 Å². The molecule has 104 valence electrons. The van der Waals surface area contributed by atoms with Gasteiger partial charge in [0.15, 0.2) is 0 Å². The number of hydrogen-bond acceptors (Lipinski definition) is 3. The van der Waals surface area contributed by atoms with Gasteiger partial charge in [0.25, 0.3) is 0 Å². The minimum atomic E-state index is 0.663. The predicted molar refractivity (Wildman–Crippen MR) is 77.5 cm³/mol. The lowest BCUT2D eigenvalue weighted by Crippen LogP contribution is -2.43. The lowest BCUT2D eigenvalue weighted by atomic mass is 9.88. The topological polar surface area (TPSA) is 24.5 Å². The average molecular weight is 260 g/mol. The van der Waals surface area contributed by atoms with Crippen molar-refractivity contribution in [1.29, 1.82) is 0 Å². The van der Waals surface area contributed by atoms with Crippen molar-refractivity contribution in [3.05, 3.63) is 35.4 Å². The summed E-state index contributed by atoms with van der Waals surface area (Å²) in [7, 11) is 0. The summed E-state index contributed by atoms with van der Waals surface area (Å²) in [6, 6.07) is 9.54. The Morgan fingerprint density at radius 2 is 1.95 bits per heavy atom. The fourth-order valence-electron chi connectivity index (χ4n) is 3.12. The highest BCUT2D eigenvalue weighted by Crippen LogP contribution is 2.20. The van der Waals surface area contributed by atoms with E-state index in [-0.39, 0.29) is 0 Å². The largest absolute Gasteiger partial charge is 0.379 e. The lowest BCUT2D eigenvalue weighted by molar-refractivity contribution is 0.0381.